The number of halogens is 1. The molecule has 0 unspecified atom stereocenters. The smallest absolute Gasteiger partial charge is 0.231 e. The molecule has 0 radical (unpaired) electrons. The van der Waals surface area contributed by atoms with E-state index < -0.39 is 0 Å². The maximum atomic E-state index is 13.3. The molecular formula is C17H17FN2O. The van der Waals surface area contributed by atoms with E-state index >= 15 is 0 Å². The summed E-state index contributed by atoms with van der Waals surface area (Å²) in [7, 11) is 0. The molecule has 2 aromatic rings. The topological polar surface area (TPSA) is 46.3 Å². The van der Waals surface area contributed by atoms with Crippen LogP contribution in [0.15, 0.2) is 30.3 Å². The maximum Gasteiger partial charge on any atom is 0.231 e. The minimum atomic E-state index is -0.297. The number of nitrogen functional groups attached to an aromatic ring is 1. The Kier molecular flexibility index (Phi) is 3.16. The molecule has 2 aromatic carbocycles. The lowest BCUT2D eigenvalue weighted by atomic mass is 9.98. The molecule has 0 fully saturated rings. The van der Waals surface area contributed by atoms with Gasteiger partial charge >= 0.3 is 0 Å². The van der Waals surface area contributed by atoms with Gasteiger partial charge in [0.15, 0.2) is 0 Å². The lowest BCUT2D eigenvalue weighted by molar-refractivity contribution is -0.118. The fourth-order valence-electron chi connectivity index (χ4n) is 2.77. The lowest BCUT2D eigenvalue weighted by Crippen LogP contribution is -2.36. The fraction of sp³-hybridized carbons (Fsp3) is 0.235. The molecule has 0 aliphatic carbocycles. The first-order valence-electron chi connectivity index (χ1n) is 6.90. The molecule has 3 nitrogen and oxygen atoms in total. The van der Waals surface area contributed by atoms with Gasteiger partial charge in [-0.15, -0.1) is 0 Å². The van der Waals surface area contributed by atoms with Crippen molar-refractivity contribution in [3.05, 3.63) is 58.4 Å². The van der Waals surface area contributed by atoms with Gasteiger partial charge in [-0.2, -0.15) is 0 Å². The van der Waals surface area contributed by atoms with Gasteiger partial charge in [-0.05, 0) is 60.4 Å². The Labute approximate surface area is 123 Å². The second-order valence-electron chi connectivity index (χ2n) is 5.56. The number of amides is 1. The summed E-state index contributed by atoms with van der Waals surface area (Å²) in [5, 5.41) is 0. The summed E-state index contributed by atoms with van der Waals surface area (Å²) >= 11 is 0. The van der Waals surface area contributed by atoms with E-state index in [1.807, 2.05) is 26.0 Å². The van der Waals surface area contributed by atoms with Gasteiger partial charge in [0, 0.05) is 11.4 Å². The molecule has 0 saturated heterocycles. The summed E-state index contributed by atoms with van der Waals surface area (Å²) in [6.07, 6.45) is 0.232. The van der Waals surface area contributed by atoms with Crippen LogP contribution in [0.25, 0.3) is 0 Å². The van der Waals surface area contributed by atoms with Crippen LogP contribution < -0.4 is 10.6 Å². The molecule has 2 N–H and O–H groups in total. The van der Waals surface area contributed by atoms with Crippen LogP contribution in [0.4, 0.5) is 15.8 Å². The van der Waals surface area contributed by atoms with Crippen molar-refractivity contribution in [1.82, 2.24) is 0 Å². The number of anilines is 2. The van der Waals surface area contributed by atoms with Gasteiger partial charge in [-0.3, -0.25) is 4.79 Å². The number of benzene rings is 2. The standard InChI is InChI=1S/C17H17FN2O/c1-10-5-15(6-11(2)17(10)19)20-9-12-3-4-14(18)7-13(12)8-16(20)21/h3-7H,8-9,19H2,1-2H3. The zero-order chi connectivity index (χ0) is 15.1. The molecular weight excluding hydrogens is 267 g/mol. The van der Waals surface area contributed by atoms with Crippen molar-refractivity contribution in [3.8, 4) is 0 Å². The molecule has 21 heavy (non-hydrogen) atoms. The van der Waals surface area contributed by atoms with E-state index in [1.165, 1.54) is 12.1 Å². The number of nitrogens with zero attached hydrogens (tertiary/aromatic N) is 1. The van der Waals surface area contributed by atoms with Crippen LogP contribution >= 0.6 is 0 Å². The maximum absolute atomic E-state index is 13.3. The first-order valence-corrected chi connectivity index (χ1v) is 6.90. The highest BCUT2D eigenvalue weighted by Crippen LogP contribution is 2.29. The molecule has 4 heteroatoms. The SMILES string of the molecule is Cc1cc(N2Cc3ccc(F)cc3CC2=O)cc(C)c1N. The van der Waals surface area contributed by atoms with Crippen LogP contribution in [-0.4, -0.2) is 5.91 Å². The largest absolute Gasteiger partial charge is 0.398 e. The number of carbonyl (C=O) groups is 1. The molecule has 3 rings (SSSR count). The minimum Gasteiger partial charge on any atom is -0.398 e. The Morgan fingerprint density at radius 1 is 1.10 bits per heavy atom. The normalized spacial score (nSPS) is 14.2. The van der Waals surface area contributed by atoms with E-state index in [1.54, 1.807) is 11.0 Å². The molecule has 1 aliphatic heterocycles. The quantitative estimate of drug-likeness (QED) is 0.818. The predicted molar refractivity (Wildman–Crippen MR) is 81.6 cm³/mol. The Balaban J connectivity index is 2.01. The van der Waals surface area contributed by atoms with Crippen molar-refractivity contribution in [2.24, 2.45) is 0 Å². The Hall–Kier alpha value is -2.36. The lowest BCUT2D eigenvalue weighted by Gasteiger charge is -2.29. The van der Waals surface area contributed by atoms with Gasteiger partial charge in [-0.25, -0.2) is 4.39 Å². The van der Waals surface area contributed by atoms with E-state index in [-0.39, 0.29) is 18.1 Å². The summed E-state index contributed by atoms with van der Waals surface area (Å²) in [6, 6.07) is 8.49. The average Bonchev–Trinajstić information content (AvgIpc) is 2.43. The number of hydrogen-bond acceptors (Lipinski definition) is 2. The van der Waals surface area contributed by atoms with Crippen LogP contribution in [0.5, 0.6) is 0 Å². The Bertz CT molecular complexity index is 717. The summed E-state index contributed by atoms with van der Waals surface area (Å²) in [6.45, 7) is 4.34. The number of nitrogens with two attached hydrogens (primary N) is 1. The highest BCUT2D eigenvalue weighted by Gasteiger charge is 2.25. The number of hydrogen-bond donors (Lipinski definition) is 1. The second kappa shape index (κ2) is 4.88. The van der Waals surface area contributed by atoms with Crippen molar-refractivity contribution in [3.63, 3.8) is 0 Å². The van der Waals surface area contributed by atoms with E-state index in [2.05, 4.69) is 0 Å². The van der Waals surface area contributed by atoms with Crippen LogP contribution in [0, 0.1) is 19.7 Å². The Morgan fingerprint density at radius 3 is 2.43 bits per heavy atom. The summed E-state index contributed by atoms with van der Waals surface area (Å²) in [5.74, 6) is -0.314. The minimum absolute atomic E-state index is 0.0170. The molecule has 0 aromatic heterocycles. The van der Waals surface area contributed by atoms with Crippen molar-refractivity contribution in [1.29, 1.82) is 0 Å². The van der Waals surface area contributed by atoms with Crippen molar-refractivity contribution in [2.75, 3.05) is 10.6 Å². The zero-order valence-electron chi connectivity index (χ0n) is 12.1. The molecule has 0 spiro atoms. The monoisotopic (exact) mass is 284 g/mol. The van der Waals surface area contributed by atoms with Crippen molar-refractivity contribution < 1.29 is 9.18 Å². The predicted octanol–water partition coefficient (Wildman–Crippen LogP) is 3.11. The highest BCUT2D eigenvalue weighted by molar-refractivity contribution is 5.96. The van der Waals surface area contributed by atoms with Gasteiger partial charge < -0.3 is 10.6 Å². The molecule has 108 valence electrons. The number of aryl methyl sites for hydroxylation is 2. The molecule has 1 aliphatic rings. The summed E-state index contributed by atoms with van der Waals surface area (Å²) in [5.41, 5.74) is 11.3. The molecule has 0 bridgehead atoms. The van der Waals surface area contributed by atoms with Gasteiger partial charge in [0.05, 0.1) is 13.0 Å². The van der Waals surface area contributed by atoms with E-state index in [0.717, 1.165) is 33.6 Å². The van der Waals surface area contributed by atoms with E-state index in [9.17, 15) is 9.18 Å². The second-order valence-corrected chi connectivity index (χ2v) is 5.56. The van der Waals surface area contributed by atoms with Gasteiger partial charge in [0.1, 0.15) is 5.82 Å². The van der Waals surface area contributed by atoms with Gasteiger partial charge in [0.25, 0.3) is 0 Å². The third-order valence-electron chi connectivity index (χ3n) is 4.03. The van der Waals surface area contributed by atoms with Crippen LogP contribution in [-0.2, 0) is 17.8 Å². The first-order chi connectivity index (χ1) is 9.95. The molecule has 0 saturated carbocycles. The number of rotatable bonds is 1. The van der Waals surface area contributed by atoms with Crippen LogP contribution in [0.1, 0.15) is 22.3 Å². The molecule has 0 atom stereocenters. The first kappa shape index (κ1) is 13.6. The molecule has 1 amide bonds. The fourth-order valence-corrected chi connectivity index (χ4v) is 2.77. The van der Waals surface area contributed by atoms with E-state index in [4.69, 9.17) is 5.73 Å². The Morgan fingerprint density at radius 2 is 1.76 bits per heavy atom. The number of fused-ring (bicyclic) bond motifs is 1. The summed E-state index contributed by atoms with van der Waals surface area (Å²) < 4.78 is 13.3. The number of carbonyl (C=O) groups excluding carboxylic acids is 1. The van der Waals surface area contributed by atoms with Gasteiger partial charge in [0.2, 0.25) is 5.91 Å². The van der Waals surface area contributed by atoms with E-state index in [0.29, 0.717) is 6.54 Å². The van der Waals surface area contributed by atoms with Crippen molar-refractivity contribution >= 4 is 17.3 Å². The third kappa shape index (κ3) is 2.37. The average molecular weight is 284 g/mol. The zero-order valence-corrected chi connectivity index (χ0v) is 12.1. The highest BCUT2D eigenvalue weighted by atomic mass is 19.1. The van der Waals surface area contributed by atoms with Crippen molar-refractivity contribution in [2.45, 2.75) is 26.8 Å². The molecule has 1 heterocycles. The summed E-state index contributed by atoms with van der Waals surface area (Å²) in [4.78, 5) is 14.1. The van der Waals surface area contributed by atoms with Crippen LogP contribution in [0.3, 0.4) is 0 Å². The third-order valence-corrected chi connectivity index (χ3v) is 4.03. The van der Waals surface area contributed by atoms with Crippen LogP contribution in [0.2, 0.25) is 0 Å². The van der Waals surface area contributed by atoms with Gasteiger partial charge in [-0.1, -0.05) is 6.07 Å².